The lowest BCUT2D eigenvalue weighted by atomic mass is 10.1. The van der Waals surface area contributed by atoms with E-state index in [9.17, 15) is 4.79 Å². The summed E-state index contributed by atoms with van der Waals surface area (Å²) < 4.78 is 0. The van der Waals surface area contributed by atoms with Crippen molar-refractivity contribution in [1.29, 1.82) is 0 Å². The van der Waals surface area contributed by atoms with E-state index >= 15 is 0 Å². The van der Waals surface area contributed by atoms with Crippen molar-refractivity contribution in [2.24, 2.45) is 0 Å². The van der Waals surface area contributed by atoms with E-state index in [1.807, 2.05) is 33.2 Å². The first-order valence-corrected chi connectivity index (χ1v) is 6.07. The summed E-state index contributed by atoms with van der Waals surface area (Å²) in [5, 5.41) is -0.398. The molecule has 0 aromatic heterocycles. The molecule has 0 fully saturated rings. The van der Waals surface area contributed by atoms with Crippen molar-refractivity contribution >= 4 is 17.0 Å². The van der Waals surface area contributed by atoms with Gasteiger partial charge in [0, 0.05) is 19.6 Å². The average Bonchev–Trinajstić information content (AvgIpc) is 2.26. The summed E-state index contributed by atoms with van der Waals surface area (Å²) in [5.74, 6) is 0. The van der Waals surface area contributed by atoms with Crippen molar-refractivity contribution < 1.29 is 4.79 Å². The maximum atomic E-state index is 11.1. The average molecular weight is 255 g/mol. The minimum Gasteiger partial charge on any atom is -0.325 e. The zero-order valence-electron chi connectivity index (χ0n) is 10.6. The summed E-state index contributed by atoms with van der Waals surface area (Å²) >= 11 is 5.47. The van der Waals surface area contributed by atoms with Gasteiger partial charge < -0.3 is 9.80 Å². The Morgan fingerprint density at radius 1 is 1.12 bits per heavy atom. The molecule has 1 aromatic carbocycles. The first kappa shape index (κ1) is 14.0. The van der Waals surface area contributed by atoms with Gasteiger partial charge in [-0.1, -0.05) is 24.3 Å². The SMILES string of the molecule is CCN(Cc1ccc(CN(C)C)cc1)C(=O)Cl. The molecule has 0 aliphatic carbocycles. The van der Waals surface area contributed by atoms with E-state index in [2.05, 4.69) is 17.0 Å². The molecule has 0 N–H and O–H groups in total. The van der Waals surface area contributed by atoms with Crippen molar-refractivity contribution in [3.63, 3.8) is 0 Å². The molecule has 1 amide bonds. The van der Waals surface area contributed by atoms with E-state index in [0.717, 1.165) is 12.1 Å². The van der Waals surface area contributed by atoms with Gasteiger partial charge in [-0.3, -0.25) is 4.79 Å². The van der Waals surface area contributed by atoms with Crippen molar-refractivity contribution in [3.8, 4) is 0 Å². The fourth-order valence-corrected chi connectivity index (χ4v) is 1.81. The summed E-state index contributed by atoms with van der Waals surface area (Å²) in [6.07, 6.45) is 0. The maximum Gasteiger partial charge on any atom is 0.316 e. The molecule has 0 radical (unpaired) electrons. The van der Waals surface area contributed by atoms with E-state index in [0.29, 0.717) is 13.1 Å². The standard InChI is InChI=1S/C13H19ClN2O/c1-4-16(13(14)17)10-12-7-5-11(6-8-12)9-15(2)3/h5-8H,4,9-10H2,1-3H3. The second kappa shape index (κ2) is 6.62. The van der Waals surface area contributed by atoms with Crippen LogP contribution in [0.1, 0.15) is 18.1 Å². The molecule has 0 aliphatic rings. The highest BCUT2D eigenvalue weighted by Crippen LogP contribution is 2.10. The molecule has 1 rings (SSSR count). The molecule has 94 valence electrons. The maximum absolute atomic E-state index is 11.1. The van der Waals surface area contributed by atoms with Gasteiger partial charge in [-0.05, 0) is 43.7 Å². The fourth-order valence-electron chi connectivity index (χ4n) is 1.63. The molecule has 0 heterocycles. The second-order valence-electron chi connectivity index (χ2n) is 4.32. The third-order valence-corrected chi connectivity index (χ3v) is 2.76. The lowest BCUT2D eigenvalue weighted by Gasteiger charge is -2.17. The van der Waals surface area contributed by atoms with Crippen molar-refractivity contribution in [1.82, 2.24) is 9.80 Å². The van der Waals surface area contributed by atoms with Gasteiger partial charge in [0.05, 0.1) is 0 Å². The Morgan fingerprint density at radius 2 is 1.59 bits per heavy atom. The van der Waals surface area contributed by atoms with Gasteiger partial charge in [0.2, 0.25) is 0 Å². The third-order valence-electron chi connectivity index (χ3n) is 2.53. The largest absolute Gasteiger partial charge is 0.325 e. The lowest BCUT2D eigenvalue weighted by molar-refractivity contribution is 0.222. The van der Waals surface area contributed by atoms with Crippen LogP contribution >= 0.6 is 11.6 Å². The van der Waals surface area contributed by atoms with Gasteiger partial charge in [-0.15, -0.1) is 0 Å². The van der Waals surface area contributed by atoms with Crippen LogP contribution in [0.5, 0.6) is 0 Å². The monoisotopic (exact) mass is 254 g/mol. The predicted molar refractivity (Wildman–Crippen MR) is 71.2 cm³/mol. The Kier molecular flexibility index (Phi) is 5.45. The first-order chi connectivity index (χ1) is 8.02. The molecule has 0 spiro atoms. The van der Waals surface area contributed by atoms with Crippen LogP contribution in [0.4, 0.5) is 4.79 Å². The third kappa shape index (κ3) is 4.75. The molecule has 0 bridgehead atoms. The number of carbonyl (C=O) groups excluding carboxylic acids is 1. The van der Waals surface area contributed by atoms with Gasteiger partial charge in [0.15, 0.2) is 0 Å². The quantitative estimate of drug-likeness (QED) is 0.596. The summed E-state index contributed by atoms with van der Waals surface area (Å²) in [6.45, 7) is 4.04. The molecule has 0 atom stereocenters. The van der Waals surface area contributed by atoms with E-state index in [1.54, 1.807) is 4.90 Å². The van der Waals surface area contributed by atoms with Gasteiger partial charge >= 0.3 is 5.37 Å². The van der Waals surface area contributed by atoms with Crippen molar-refractivity contribution in [2.45, 2.75) is 20.0 Å². The van der Waals surface area contributed by atoms with Crippen LogP contribution in [-0.4, -0.2) is 35.8 Å². The van der Waals surface area contributed by atoms with E-state index < -0.39 is 5.37 Å². The Hall–Kier alpha value is -1.06. The zero-order valence-corrected chi connectivity index (χ0v) is 11.4. The van der Waals surface area contributed by atoms with Crippen LogP contribution in [0, 0.1) is 0 Å². The van der Waals surface area contributed by atoms with Gasteiger partial charge in [-0.2, -0.15) is 0 Å². The summed E-state index contributed by atoms with van der Waals surface area (Å²) in [5.41, 5.74) is 2.36. The van der Waals surface area contributed by atoms with Gasteiger partial charge in [0.1, 0.15) is 0 Å². The van der Waals surface area contributed by atoms with Crippen LogP contribution in [-0.2, 0) is 13.1 Å². The highest BCUT2D eigenvalue weighted by Gasteiger charge is 2.08. The number of carbonyl (C=O) groups is 1. The summed E-state index contributed by atoms with van der Waals surface area (Å²) in [6, 6.07) is 8.26. The fraction of sp³-hybridized carbons (Fsp3) is 0.462. The number of rotatable bonds is 5. The number of hydrogen-bond acceptors (Lipinski definition) is 2. The molecule has 1 aromatic rings. The van der Waals surface area contributed by atoms with Crippen LogP contribution in [0.15, 0.2) is 24.3 Å². The van der Waals surface area contributed by atoms with Crippen molar-refractivity contribution in [2.75, 3.05) is 20.6 Å². The minimum atomic E-state index is -0.398. The number of hydrogen-bond donors (Lipinski definition) is 0. The molecular weight excluding hydrogens is 236 g/mol. The molecule has 0 unspecified atom stereocenters. The van der Waals surface area contributed by atoms with Crippen LogP contribution in [0.25, 0.3) is 0 Å². The summed E-state index contributed by atoms with van der Waals surface area (Å²) in [4.78, 5) is 14.8. The number of nitrogens with zero attached hydrogens (tertiary/aromatic N) is 2. The zero-order chi connectivity index (χ0) is 12.8. The Balaban J connectivity index is 2.64. The van der Waals surface area contributed by atoms with Crippen molar-refractivity contribution in [3.05, 3.63) is 35.4 Å². The Labute approximate surface area is 108 Å². The van der Waals surface area contributed by atoms with Gasteiger partial charge in [0.25, 0.3) is 0 Å². The lowest BCUT2D eigenvalue weighted by Crippen LogP contribution is -2.25. The smallest absolute Gasteiger partial charge is 0.316 e. The first-order valence-electron chi connectivity index (χ1n) is 5.70. The Bertz CT molecular complexity index is 362. The highest BCUT2D eigenvalue weighted by atomic mass is 35.5. The molecule has 4 heteroatoms. The molecule has 0 aliphatic heterocycles. The van der Waals surface area contributed by atoms with E-state index in [4.69, 9.17) is 11.6 Å². The van der Waals surface area contributed by atoms with Crippen LogP contribution < -0.4 is 0 Å². The summed E-state index contributed by atoms with van der Waals surface area (Å²) in [7, 11) is 4.08. The topological polar surface area (TPSA) is 23.6 Å². The normalized spacial score (nSPS) is 10.6. The number of benzene rings is 1. The minimum absolute atomic E-state index is 0.398. The molecule has 3 nitrogen and oxygen atoms in total. The predicted octanol–water partition coefficient (Wildman–Crippen LogP) is 2.93. The van der Waals surface area contributed by atoms with Gasteiger partial charge in [-0.25, -0.2) is 0 Å². The molecule has 0 saturated heterocycles. The van der Waals surface area contributed by atoms with Crippen LogP contribution in [0.2, 0.25) is 0 Å². The molecular formula is C13H19ClN2O. The Morgan fingerprint density at radius 3 is 1.94 bits per heavy atom. The number of amides is 1. The van der Waals surface area contributed by atoms with Crippen LogP contribution in [0.3, 0.4) is 0 Å². The molecule has 0 saturated carbocycles. The van der Waals surface area contributed by atoms with E-state index in [-0.39, 0.29) is 0 Å². The second-order valence-corrected chi connectivity index (χ2v) is 4.64. The number of halogens is 1. The highest BCUT2D eigenvalue weighted by molar-refractivity contribution is 6.62. The molecule has 17 heavy (non-hydrogen) atoms. The van der Waals surface area contributed by atoms with E-state index in [1.165, 1.54) is 5.56 Å².